The maximum atomic E-state index is 12.8. The molecule has 3 rings (SSSR count). The van der Waals surface area contributed by atoms with Crippen molar-refractivity contribution < 1.29 is 14.3 Å². The van der Waals surface area contributed by atoms with Gasteiger partial charge in [0.1, 0.15) is 13.2 Å². The smallest absolute Gasteiger partial charge is 0.230 e. The van der Waals surface area contributed by atoms with Crippen molar-refractivity contribution >= 4 is 5.91 Å². The van der Waals surface area contributed by atoms with Crippen LogP contribution in [0.2, 0.25) is 0 Å². The summed E-state index contributed by atoms with van der Waals surface area (Å²) in [4.78, 5) is 12.8. The summed E-state index contributed by atoms with van der Waals surface area (Å²) in [7, 11) is 0. The van der Waals surface area contributed by atoms with E-state index < -0.39 is 5.41 Å². The van der Waals surface area contributed by atoms with Gasteiger partial charge >= 0.3 is 0 Å². The first kappa shape index (κ1) is 16.4. The highest BCUT2D eigenvalue weighted by Crippen LogP contribution is 2.35. The Labute approximate surface area is 142 Å². The molecule has 126 valence electrons. The molecule has 0 saturated carbocycles. The van der Waals surface area contributed by atoms with Crippen LogP contribution in [0.4, 0.5) is 0 Å². The van der Waals surface area contributed by atoms with E-state index in [9.17, 15) is 4.79 Å². The van der Waals surface area contributed by atoms with Crippen molar-refractivity contribution in [3.63, 3.8) is 0 Å². The topological polar surface area (TPSA) is 47.6 Å². The monoisotopic (exact) mass is 325 g/mol. The number of hydrogen-bond acceptors (Lipinski definition) is 3. The van der Waals surface area contributed by atoms with Crippen LogP contribution in [0.15, 0.2) is 48.5 Å². The molecule has 24 heavy (non-hydrogen) atoms. The Bertz CT molecular complexity index is 725. The lowest BCUT2D eigenvalue weighted by Gasteiger charge is -2.28. The lowest BCUT2D eigenvalue weighted by atomic mass is 9.83. The normalized spacial score (nSPS) is 14.8. The van der Waals surface area contributed by atoms with Gasteiger partial charge in [-0.05, 0) is 44.0 Å². The van der Waals surface area contributed by atoms with Crippen LogP contribution in [0.25, 0.3) is 0 Å². The van der Waals surface area contributed by atoms with Gasteiger partial charge in [0.15, 0.2) is 11.5 Å². The summed E-state index contributed by atoms with van der Waals surface area (Å²) in [6.45, 7) is 6.93. The van der Waals surface area contributed by atoms with Crippen LogP contribution in [-0.2, 0) is 10.2 Å². The van der Waals surface area contributed by atoms with E-state index in [1.165, 1.54) is 0 Å². The van der Waals surface area contributed by atoms with E-state index in [-0.39, 0.29) is 11.9 Å². The molecule has 0 bridgehead atoms. The molecule has 1 aliphatic heterocycles. The van der Waals surface area contributed by atoms with Crippen LogP contribution in [-0.4, -0.2) is 19.1 Å². The molecule has 4 nitrogen and oxygen atoms in total. The molecular formula is C20H23NO3. The molecule has 0 aliphatic carbocycles. The highest BCUT2D eigenvalue weighted by Gasteiger charge is 2.32. The minimum atomic E-state index is -0.668. The van der Waals surface area contributed by atoms with Crippen LogP contribution in [0, 0.1) is 0 Å². The SMILES string of the molecule is CC(NC(=O)C(C)(C)c1ccc2c(c1)OCCO2)c1ccccc1. The number of nitrogens with one attached hydrogen (secondary N) is 1. The van der Waals surface area contributed by atoms with Gasteiger partial charge in [0, 0.05) is 0 Å². The lowest BCUT2D eigenvalue weighted by molar-refractivity contribution is -0.126. The fraction of sp³-hybridized carbons (Fsp3) is 0.350. The molecule has 0 aromatic heterocycles. The minimum absolute atomic E-state index is 0.0180. The lowest BCUT2D eigenvalue weighted by Crippen LogP contribution is -2.41. The molecule has 1 unspecified atom stereocenters. The van der Waals surface area contributed by atoms with Crippen molar-refractivity contribution in [3.8, 4) is 11.5 Å². The Hall–Kier alpha value is -2.49. The van der Waals surface area contributed by atoms with E-state index in [0.717, 1.165) is 16.9 Å². The summed E-state index contributed by atoms with van der Waals surface area (Å²) in [5, 5.41) is 3.10. The number of rotatable bonds is 4. The Balaban J connectivity index is 1.78. The summed E-state index contributed by atoms with van der Waals surface area (Å²) >= 11 is 0. The van der Waals surface area contributed by atoms with Crippen molar-refractivity contribution in [1.82, 2.24) is 5.32 Å². The Morgan fingerprint density at radius 3 is 2.42 bits per heavy atom. The largest absolute Gasteiger partial charge is 0.486 e. The van der Waals surface area contributed by atoms with Crippen LogP contribution >= 0.6 is 0 Å². The predicted molar refractivity (Wildman–Crippen MR) is 93.5 cm³/mol. The van der Waals surface area contributed by atoms with Crippen LogP contribution in [0.1, 0.15) is 37.9 Å². The van der Waals surface area contributed by atoms with Crippen LogP contribution in [0.3, 0.4) is 0 Å². The van der Waals surface area contributed by atoms with E-state index in [1.54, 1.807) is 0 Å². The minimum Gasteiger partial charge on any atom is -0.486 e. The Kier molecular flexibility index (Phi) is 4.47. The summed E-state index contributed by atoms with van der Waals surface area (Å²) in [5.74, 6) is 1.42. The zero-order chi connectivity index (χ0) is 17.2. The molecule has 0 radical (unpaired) electrons. The van der Waals surface area contributed by atoms with Gasteiger partial charge in [-0.15, -0.1) is 0 Å². The highest BCUT2D eigenvalue weighted by atomic mass is 16.6. The van der Waals surface area contributed by atoms with E-state index in [0.29, 0.717) is 19.0 Å². The van der Waals surface area contributed by atoms with Gasteiger partial charge in [0.2, 0.25) is 5.91 Å². The summed E-state index contributed by atoms with van der Waals surface area (Å²) in [6.07, 6.45) is 0. The van der Waals surface area contributed by atoms with E-state index >= 15 is 0 Å². The number of ether oxygens (including phenoxy) is 2. The van der Waals surface area contributed by atoms with Gasteiger partial charge < -0.3 is 14.8 Å². The van der Waals surface area contributed by atoms with Crippen LogP contribution < -0.4 is 14.8 Å². The second kappa shape index (κ2) is 6.56. The fourth-order valence-electron chi connectivity index (χ4n) is 2.77. The molecule has 4 heteroatoms. The van der Waals surface area contributed by atoms with Gasteiger partial charge in [-0.2, -0.15) is 0 Å². The van der Waals surface area contributed by atoms with Crippen molar-refractivity contribution in [1.29, 1.82) is 0 Å². The Morgan fingerprint density at radius 1 is 1.04 bits per heavy atom. The van der Waals surface area contributed by atoms with Crippen molar-refractivity contribution in [2.45, 2.75) is 32.2 Å². The second-order valence-electron chi connectivity index (χ2n) is 6.59. The number of amides is 1. The first-order valence-electron chi connectivity index (χ1n) is 8.24. The standard InChI is InChI=1S/C20H23NO3/c1-14(15-7-5-4-6-8-15)21-19(22)20(2,3)16-9-10-17-18(13-16)24-12-11-23-17/h4-10,13-14H,11-12H2,1-3H3,(H,21,22). The third kappa shape index (κ3) is 3.23. The van der Waals surface area contributed by atoms with Gasteiger partial charge in [-0.1, -0.05) is 36.4 Å². The molecule has 1 aliphatic rings. The maximum absolute atomic E-state index is 12.8. The number of hydrogen-bond donors (Lipinski definition) is 1. The van der Waals surface area contributed by atoms with Gasteiger partial charge in [-0.25, -0.2) is 0 Å². The average molecular weight is 325 g/mol. The second-order valence-corrected chi connectivity index (χ2v) is 6.59. The summed E-state index contributed by atoms with van der Waals surface area (Å²) in [5.41, 5.74) is 1.33. The van der Waals surface area contributed by atoms with Crippen molar-refractivity contribution in [2.75, 3.05) is 13.2 Å². The molecule has 0 spiro atoms. The van der Waals surface area contributed by atoms with Gasteiger partial charge in [-0.3, -0.25) is 4.79 Å². The number of fused-ring (bicyclic) bond motifs is 1. The number of benzene rings is 2. The van der Waals surface area contributed by atoms with E-state index in [1.807, 2.05) is 69.3 Å². The average Bonchev–Trinajstić information content (AvgIpc) is 2.61. The van der Waals surface area contributed by atoms with Gasteiger partial charge in [0.25, 0.3) is 0 Å². The zero-order valence-corrected chi connectivity index (χ0v) is 14.3. The molecular weight excluding hydrogens is 302 g/mol. The molecule has 1 atom stereocenters. The third-order valence-electron chi connectivity index (χ3n) is 4.48. The quantitative estimate of drug-likeness (QED) is 0.934. The summed E-state index contributed by atoms with van der Waals surface area (Å²) < 4.78 is 11.2. The molecule has 0 fully saturated rings. The van der Waals surface area contributed by atoms with Crippen molar-refractivity contribution in [2.24, 2.45) is 0 Å². The highest BCUT2D eigenvalue weighted by molar-refractivity contribution is 5.87. The fourth-order valence-corrected chi connectivity index (χ4v) is 2.77. The molecule has 2 aromatic carbocycles. The molecule has 1 N–H and O–H groups in total. The Morgan fingerprint density at radius 2 is 1.71 bits per heavy atom. The van der Waals surface area contributed by atoms with Gasteiger partial charge in [0.05, 0.1) is 11.5 Å². The zero-order valence-electron chi connectivity index (χ0n) is 14.3. The van der Waals surface area contributed by atoms with E-state index in [4.69, 9.17) is 9.47 Å². The predicted octanol–water partition coefficient (Wildman–Crippen LogP) is 3.61. The maximum Gasteiger partial charge on any atom is 0.230 e. The molecule has 1 heterocycles. The van der Waals surface area contributed by atoms with Crippen LogP contribution in [0.5, 0.6) is 11.5 Å². The first-order chi connectivity index (χ1) is 11.5. The van der Waals surface area contributed by atoms with Crippen molar-refractivity contribution in [3.05, 3.63) is 59.7 Å². The molecule has 1 amide bonds. The molecule has 0 saturated heterocycles. The first-order valence-corrected chi connectivity index (χ1v) is 8.24. The number of carbonyl (C=O) groups excluding carboxylic acids is 1. The summed E-state index contributed by atoms with van der Waals surface area (Å²) in [6, 6.07) is 15.6. The number of carbonyl (C=O) groups is 1. The molecule has 2 aromatic rings. The van der Waals surface area contributed by atoms with E-state index in [2.05, 4.69) is 5.32 Å². The third-order valence-corrected chi connectivity index (χ3v) is 4.48.